The first-order valence-corrected chi connectivity index (χ1v) is 8.27. The van der Waals surface area contributed by atoms with E-state index in [9.17, 15) is 23.9 Å². The zero-order chi connectivity index (χ0) is 18.8. The van der Waals surface area contributed by atoms with Crippen molar-refractivity contribution in [1.29, 1.82) is 0 Å². The summed E-state index contributed by atoms with van der Waals surface area (Å²) in [5.41, 5.74) is -0.477. The van der Waals surface area contributed by atoms with Crippen molar-refractivity contribution < 1.29 is 19.1 Å². The molecule has 2 N–H and O–H groups in total. The second-order valence-corrected chi connectivity index (χ2v) is 6.39. The minimum atomic E-state index is -1.23. The standard InChI is InChI=1S/C18H12BrFN2O4/c19-10-5-6-14(13(20)7-10)21-16(23)9-22-15-4-2-1-3-11(15)12(18(25)26)8-17(22)24/h1-8H,9H2,(H,21,23)(H,25,26). The molecular weight excluding hydrogens is 407 g/mol. The van der Waals surface area contributed by atoms with E-state index in [4.69, 9.17) is 0 Å². The van der Waals surface area contributed by atoms with Crippen molar-refractivity contribution in [2.24, 2.45) is 0 Å². The lowest BCUT2D eigenvalue weighted by Gasteiger charge is -2.12. The summed E-state index contributed by atoms with van der Waals surface area (Å²) in [5.74, 6) is -2.46. The summed E-state index contributed by atoms with van der Waals surface area (Å²) in [7, 11) is 0. The Labute approximate surface area is 155 Å². The van der Waals surface area contributed by atoms with Gasteiger partial charge in [0.25, 0.3) is 5.56 Å². The van der Waals surface area contributed by atoms with Gasteiger partial charge in [-0.3, -0.25) is 14.2 Å². The number of para-hydroxylation sites is 1. The van der Waals surface area contributed by atoms with Crippen LogP contribution in [0.5, 0.6) is 0 Å². The number of aromatic nitrogens is 1. The highest BCUT2D eigenvalue weighted by Gasteiger charge is 2.16. The second kappa shape index (κ2) is 7.09. The normalized spacial score (nSPS) is 10.7. The SMILES string of the molecule is O=C(Cn1c(=O)cc(C(=O)O)c2ccccc21)Nc1ccc(Br)cc1F. The summed E-state index contributed by atoms with van der Waals surface area (Å²) < 4.78 is 15.5. The van der Waals surface area contributed by atoms with Gasteiger partial charge in [0.1, 0.15) is 12.4 Å². The Balaban J connectivity index is 1.97. The third-order valence-electron chi connectivity index (χ3n) is 3.76. The molecule has 0 saturated heterocycles. The molecule has 0 aliphatic heterocycles. The smallest absolute Gasteiger partial charge is 0.336 e. The highest BCUT2D eigenvalue weighted by Crippen LogP contribution is 2.20. The Kier molecular flexibility index (Phi) is 4.85. The van der Waals surface area contributed by atoms with Crippen LogP contribution in [0.25, 0.3) is 10.9 Å². The maximum absolute atomic E-state index is 13.8. The van der Waals surface area contributed by atoms with E-state index < -0.39 is 23.3 Å². The number of rotatable bonds is 4. The molecule has 0 bridgehead atoms. The molecule has 6 nitrogen and oxygen atoms in total. The van der Waals surface area contributed by atoms with Crippen LogP contribution < -0.4 is 10.9 Å². The van der Waals surface area contributed by atoms with Crippen molar-refractivity contribution in [3.05, 3.63) is 74.7 Å². The van der Waals surface area contributed by atoms with E-state index in [1.807, 2.05) is 0 Å². The predicted octanol–water partition coefficient (Wildman–Crippen LogP) is 3.24. The average molecular weight is 419 g/mol. The maximum Gasteiger partial charge on any atom is 0.336 e. The summed E-state index contributed by atoms with van der Waals surface area (Å²) in [6, 6.07) is 11.5. The fourth-order valence-corrected chi connectivity index (χ4v) is 2.93. The molecule has 0 spiro atoms. The molecule has 0 atom stereocenters. The molecule has 2 aromatic carbocycles. The summed E-state index contributed by atoms with van der Waals surface area (Å²) in [4.78, 5) is 35.9. The van der Waals surface area contributed by atoms with E-state index in [0.717, 1.165) is 10.6 Å². The van der Waals surface area contributed by atoms with Gasteiger partial charge < -0.3 is 10.4 Å². The number of nitrogens with zero attached hydrogens (tertiary/aromatic N) is 1. The number of halogens is 2. The molecule has 1 amide bonds. The lowest BCUT2D eigenvalue weighted by Crippen LogP contribution is -2.28. The number of pyridine rings is 1. The molecule has 132 valence electrons. The molecule has 26 heavy (non-hydrogen) atoms. The monoisotopic (exact) mass is 418 g/mol. The van der Waals surface area contributed by atoms with Crippen LogP contribution in [0.4, 0.5) is 10.1 Å². The van der Waals surface area contributed by atoms with Crippen LogP contribution in [0.3, 0.4) is 0 Å². The van der Waals surface area contributed by atoms with Crippen LogP contribution in [0.15, 0.2) is 57.8 Å². The third-order valence-corrected chi connectivity index (χ3v) is 4.25. The Morgan fingerprint density at radius 3 is 2.58 bits per heavy atom. The van der Waals surface area contributed by atoms with E-state index in [1.165, 1.54) is 12.1 Å². The predicted molar refractivity (Wildman–Crippen MR) is 97.9 cm³/mol. The number of carbonyl (C=O) groups is 2. The molecule has 1 aromatic heterocycles. The largest absolute Gasteiger partial charge is 0.478 e. The van der Waals surface area contributed by atoms with Crippen LogP contribution >= 0.6 is 15.9 Å². The van der Waals surface area contributed by atoms with Gasteiger partial charge in [-0.15, -0.1) is 0 Å². The molecule has 8 heteroatoms. The van der Waals surface area contributed by atoms with Gasteiger partial charge >= 0.3 is 5.97 Å². The van der Waals surface area contributed by atoms with Gasteiger partial charge in [-0.2, -0.15) is 0 Å². The quantitative estimate of drug-likeness (QED) is 0.680. The fraction of sp³-hybridized carbons (Fsp3) is 0.0556. The van der Waals surface area contributed by atoms with Crippen LogP contribution in [0, 0.1) is 5.82 Å². The number of carboxylic acids is 1. The molecule has 0 saturated carbocycles. The molecule has 0 aliphatic rings. The van der Waals surface area contributed by atoms with E-state index in [0.29, 0.717) is 15.4 Å². The number of amides is 1. The van der Waals surface area contributed by atoms with Gasteiger partial charge in [0.2, 0.25) is 5.91 Å². The van der Waals surface area contributed by atoms with Crippen molar-refractivity contribution in [2.75, 3.05) is 5.32 Å². The minimum absolute atomic E-state index is 0.0160. The van der Waals surface area contributed by atoms with Crippen molar-refractivity contribution >= 4 is 44.4 Å². The lowest BCUT2D eigenvalue weighted by molar-refractivity contribution is -0.116. The number of carbonyl (C=O) groups excluding carboxylic acids is 1. The van der Waals surface area contributed by atoms with Gasteiger partial charge in [0.15, 0.2) is 0 Å². The summed E-state index contributed by atoms with van der Waals surface area (Å²) in [6.45, 7) is -0.380. The molecule has 3 aromatic rings. The number of hydrogen-bond acceptors (Lipinski definition) is 3. The average Bonchev–Trinajstić information content (AvgIpc) is 2.59. The number of benzene rings is 2. The number of carboxylic acid groups (broad SMARTS) is 1. The number of nitrogens with one attached hydrogen (secondary N) is 1. The highest BCUT2D eigenvalue weighted by molar-refractivity contribution is 9.10. The fourth-order valence-electron chi connectivity index (χ4n) is 2.60. The van der Waals surface area contributed by atoms with Gasteiger partial charge in [0.05, 0.1) is 16.8 Å². The first kappa shape index (κ1) is 17.8. The zero-order valence-corrected chi connectivity index (χ0v) is 14.8. The molecule has 1 heterocycles. The van der Waals surface area contributed by atoms with Crippen molar-refractivity contribution in [3.8, 4) is 0 Å². The van der Waals surface area contributed by atoms with Crippen LogP contribution in [0.2, 0.25) is 0 Å². The van der Waals surface area contributed by atoms with Gasteiger partial charge in [-0.25, -0.2) is 9.18 Å². The Morgan fingerprint density at radius 2 is 1.88 bits per heavy atom. The third kappa shape index (κ3) is 3.50. The van der Waals surface area contributed by atoms with Gasteiger partial charge in [-0.05, 0) is 24.3 Å². The molecule has 0 fully saturated rings. The molecular formula is C18H12BrFN2O4. The van der Waals surface area contributed by atoms with E-state index in [-0.39, 0.29) is 17.8 Å². The first-order chi connectivity index (χ1) is 12.4. The van der Waals surface area contributed by atoms with Crippen molar-refractivity contribution in [3.63, 3.8) is 0 Å². The maximum atomic E-state index is 13.8. The Bertz CT molecular complexity index is 1090. The summed E-state index contributed by atoms with van der Waals surface area (Å²) >= 11 is 3.13. The zero-order valence-electron chi connectivity index (χ0n) is 13.2. The summed E-state index contributed by atoms with van der Waals surface area (Å²) in [6.07, 6.45) is 0. The molecule has 3 rings (SSSR count). The first-order valence-electron chi connectivity index (χ1n) is 7.47. The van der Waals surface area contributed by atoms with E-state index >= 15 is 0 Å². The number of hydrogen-bond donors (Lipinski definition) is 2. The molecule has 0 unspecified atom stereocenters. The van der Waals surface area contributed by atoms with Crippen molar-refractivity contribution in [1.82, 2.24) is 4.57 Å². The van der Waals surface area contributed by atoms with Crippen molar-refractivity contribution in [2.45, 2.75) is 6.54 Å². The van der Waals surface area contributed by atoms with Gasteiger partial charge in [-0.1, -0.05) is 34.1 Å². The Morgan fingerprint density at radius 1 is 1.15 bits per heavy atom. The van der Waals surface area contributed by atoms with E-state index in [2.05, 4.69) is 21.2 Å². The summed E-state index contributed by atoms with van der Waals surface area (Å²) in [5, 5.41) is 12.0. The minimum Gasteiger partial charge on any atom is -0.478 e. The molecule has 0 radical (unpaired) electrons. The number of fused-ring (bicyclic) bond motifs is 1. The highest BCUT2D eigenvalue weighted by atomic mass is 79.9. The number of aromatic carboxylic acids is 1. The number of anilines is 1. The topological polar surface area (TPSA) is 88.4 Å². The van der Waals surface area contributed by atoms with Gasteiger partial charge in [0, 0.05) is 15.9 Å². The second-order valence-electron chi connectivity index (χ2n) is 5.48. The van der Waals surface area contributed by atoms with E-state index in [1.54, 1.807) is 30.3 Å². The van der Waals surface area contributed by atoms with Crippen LogP contribution in [-0.2, 0) is 11.3 Å². The molecule has 0 aliphatic carbocycles. The lowest BCUT2D eigenvalue weighted by atomic mass is 10.1. The van der Waals surface area contributed by atoms with Crippen LogP contribution in [-0.4, -0.2) is 21.6 Å². The van der Waals surface area contributed by atoms with Crippen LogP contribution in [0.1, 0.15) is 10.4 Å². The Hall–Kier alpha value is -3.00.